The third kappa shape index (κ3) is 5.27. The molecule has 2 aliphatic carbocycles. The summed E-state index contributed by atoms with van der Waals surface area (Å²) in [6.45, 7) is 3.33. The van der Waals surface area contributed by atoms with Gasteiger partial charge < -0.3 is 18.8 Å². The van der Waals surface area contributed by atoms with Gasteiger partial charge >= 0.3 is 12.1 Å². The first-order valence-electron chi connectivity index (χ1n) is 10.3. The Labute approximate surface area is 161 Å². The number of rotatable bonds is 5. The minimum Gasteiger partial charge on any atom is -0.454 e. The minimum absolute atomic E-state index is 0.117. The van der Waals surface area contributed by atoms with Crippen LogP contribution in [0.1, 0.15) is 87.4 Å². The van der Waals surface area contributed by atoms with Crippen molar-refractivity contribution >= 4 is 12.1 Å². The number of aryl methyl sites for hydroxylation is 1. The first kappa shape index (κ1) is 19.8. The average Bonchev–Trinajstić information content (AvgIpc) is 3.10. The largest absolute Gasteiger partial charge is 0.454 e. The Kier molecular flexibility index (Phi) is 6.80. The van der Waals surface area contributed by atoms with Gasteiger partial charge in [0.05, 0.1) is 0 Å². The second kappa shape index (κ2) is 9.29. The zero-order valence-corrected chi connectivity index (χ0v) is 16.4. The van der Waals surface area contributed by atoms with Gasteiger partial charge in [-0.1, -0.05) is 38.5 Å². The van der Waals surface area contributed by atoms with Gasteiger partial charge in [-0.2, -0.15) is 0 Å². The first-order chi connectivity index (χ1) is 13.0. The van der Waals surface area contributed by atoms with Crippen LogP contribution in [0.25, 0.3) is 0 Å². The van der Waals surface area contributed by atoms with Gasteiger partial charge in [0.25, 0.3) is 0 Å². The number of esters is 1. The van der Waals surface area contributed by atoms with E-state index in [4.69, 9.17) is 13.9 Å². The van der Waals surface area contributed by atoms with Crippen LogP contribution >= 0.6 is 0 Å². The molecule has 6 heteroatoms. The maximum Gasteiger partial charge on any atom is 0.413 e. The highest BCUT2D eigenvalue weighted by Crippen LogP contribution is 2.31. The molecule has 1 aromatic heterocycles. The summed E-state index contributed by atoms with van der Waals surface area (Å²) < 4.78 is 16.0. The van der Waals surface area contributed by atoms with Crippen molar-refractivity contribution < 1.29 is 23.5 Å². The molecule has 2 fully saturated rings. The molecule has 27 heavy (non-hydrogen) atoms. The Morgan fingerprint density at radius 2 is 1.52 bits per heavy atom. The minimum atomic E-state index is -0.954. The van der Waals surface area contributed by atoms with E-state index in [0.717, 1.165) is 51.4 Å². The monoisotopic (exact) mass is 377 g/mol. The van der Waals surface area contributed by atoms with E-state index in [1.807, 2.05) is 4.90 Å². The number of carbonyl (C=O) groups excluding carboxylic acids is 2. The molecule has 0 N–H and O–H groups in total. The molecule has 6 nitrogen and oxygen atoms in total. The van der Waals surface area contributed by atoms with Crippen molar-refractivity contribution in [1.82, 2.24) is 4.90 Å². The fraction of sp³-hybridized carbons (Fsp3) is 0.714. The van der Waals surface area contributed by atoms with Crippen molar-refractivity contribution in [3.63, 3.8) is 0 Å². The lowest BCUT2D eigenvalue weighted by molar-refractivity contribution is -0.0790. The van der Waals surface area contributed by atoms with E-state index in [2.05, 4.69) is 0 Å². The molecule has 0 aliphatic heterocycles. The average molecular weight is 377 g/mol. The van der Waals surface area contributed by atoms with Crippen molar-refractivity contribution in [3.05, 3.63) is 23.7 Å². The topological polar surface area (TPSA) is 69.0 Å². The molecule has 0 saturated heterocycles. The molecule has 0 radical (unpaired) electrons. The fourth-order valence-corrected chi connectivity index (χ4v) is 4.29. The maximum atomic E-state index is 13.0. The Balaban J connectivity index is 1.61. The third-order valence-corrected chi connectivity index (χ3v) is 5.63. The van der Waals surface area contributed by atoms with Crippen LogP contribution in [0.4, 0.5) is 4.79 Å². The maximum absolute atomic E-state index is 13.0. The van der Waals surface area contributed by atoms with Crippen molar-refractivity contribution in [3.8, 4) is 0 Å². The van der Waals surface area contributed by atoms with Crippen LogP contribution in [0.3, 0.4) is 0 Å². The molecular weight excluding hydrogens is 346 g/mol. The van der Waals surface area contributed by atoms with Gasteiger partial charge in [0, 0.05) is 19.0 Å². The summed E-state index contributed by atoms with van der Waals surface area (Å²) in [6.07, 6.45) is 9.92. The second-order valence-electron chi connectivity index (χ2n) is 7.76. The van der Waals surface area contributed by atoms with Crippen molar-refractivity contribution in [2.75, 3.05) is 0 Å². The van der Waals surface area contributed by atoms with E-state index >= 15 is 0 Å². The quantitative estimate of drug-likeness (QED) is 0.521. The van der Waals surface area contributed by atoms with Gasteiger partial charge in [-0.15, -0.1) is 0 Å². The van der Waals surface area contributed by atoms with Crippen LogP contribution in [0, 0.1) is 6.92 Å². The van der Waals surface area contributed by atoms with Gasteiger partial charge in [-0.05, 0) is 44.7 Å². The van der Waals surface area contributed by atoms with Crippen LogP contribution in [-0.4, -0.2) is 35.3 Å². The van der Waals surface area contributed by atoms with Crippen molar-refractivity contribution in [2.45, 2.75) is 96.4 Å². The number of amides is 1. The molecule has 0 spiro atoms. The van der Waals surface area contributed by atoms with Crippen molar-refractivity contribution in [2.24, 2.45) is 0 Å². The summed E-state index contributed by atoms with van der Waals surface area (Å²) in [5.41, 5.74) is 0. The van der Waals surface area contributed by atoms with Crippen LogP contribution in [0.5, 0.6) is 0 Å². The lowest BCUT2D eigenvalue weighted by Gasteiger charge is -2.41. The number of nitrogens with zero attached hydrogens (tertiary/aromatic N) is 1. The molecule has 0 aromatic carbocycles. The lowest BCUT2D eigenvalue weighted by atomic mass is 9.89. The third-order valence-electron chi connectivity index (χ3n) is 5.63. The fourth-order valence-electron chi connectivity index (χ4n) is 4.29. The summed E-state index contributed by atoms with van der Waals surface area (Å²) in [6, 6.07) is 3.74. The van der Waals surface area contributed by atoms with E-state index in [1.165, 1.54) is 12.8 Å². The molecule has 150 valence electrons. The van der Waals surface area contributed by atoms with Gasteiger partial charge in [0.1, 0.15) is 5.76 Å². The normalized spacial score (nSPS) is 20.1. The Morgan fingerprint density at radius 1 is 0.963 bits per heavy atom. The van der Waals surface area contributed by atoms with Crippen LogP contribution in [0.15, 0.2) is 16.5 Å². The molecular formula is C21H31NO5. The summed E-state index contributed by atoms with van der Waals surface area (Å²) >= 11 is 0. The van der Waals surface area contributed by atoms with Crippen LogP contribution < -0.4 is 0 Å². The molecule has 1 atom stereocenters. The van der Waals surface area contributed by atoms with Gasteiger partial charge in [-0.25, -0.2) is 9.59 Å². The Morgan fingerprint density at radius 3 is 2.00 bits per heavy atom. The predicted octanol–water partition coefficient (Wildman–Crippen LogP) is 5.19. The highest BCUT2D eigenvalue weighted by atomic mass is 16.7. The van der Waals surface area contributed by atoms with E-state index in [0.29, 0.717) is 5.76 Å². The van der Waals surface area contributed by atoms with E-state index < -0.39 is 12.3 Å². The summed E-state index contributed by atoms with van der Waals surface area (Å²) in [7, 11) is 0. The first-order valence-corrected chi connectivity index (χ1v) is 10.3. The molecule has 2 aliphatic rings. The number of ether oxygens (including phenoxy) is 2. The van der Waals surface area contributed by atoms with Gasteiger partial charge in [-0.3, -0.25) is 0 Å². The van der Waals surface area contributed by atoms with E-state index in [1.54, 1.807) is 26.0 Å². The predicted molar refractivity (Wildman–Crippen MR) is 100 cm³/mol. The molecule has 1 aromatic rings. The molecule has 0 bridgehead atoms. The van der Waals surface area contributed by atoms with Gasteiger partial charge in [0.2, 0.25) is 12.1 Å². The molecule has 1 amide bonds. The highest BCUT2D eigenvalue weighted by molar-refractivity contribution is 5.86. The standard InChI is InChI=1S/C21H31NO5/c1-15-13-14-19(25-15)20(23)26-16(2)27-21(24)22(17-9-5-3-6-10-17)18-11-7-4-8-12-18/h13-14,16-18H,3-12H2,1-2H3. The number of hydrogen-bond donors (Lipinski definition) is 0. The molecule has 3 rings (SSSR count). The second-order valence-corrected chi connectivity index (χ2v) is 7.76. The summed E-state index contributed by atoms with van der Waals surface area (Å²) in [5, 5.41) is 0. The number of hydrogen-bond acceptors (Lipinski definition) is 5. The Bertz CT molecular complexity index is 610. The van der Waals surface area contributed by atoms with Crippen LogP contribution in [-0.2, 0) is 9.47 Å². The zero-order valence-electron chi connectivity index (χ0n) is 16.4. The zero-order chi connectivity index (χ0) is 19.2. The van der Waals surface area contributed by atoms with E-state index in [-0.39, 0.29) is 23.9 Å². The molecule has 1 unspecified atom stereocenters. The summed E-state index contributed by atoms with van der Waals surface area (Å²) in [5.74, 6) is 0.129. The lowest BCUT2D eigenvalue weighted by Crippen LogP contribution is -2.49. The van der Waals surface area contributed by atoms with Gasteiger partial charge in [0.15, 0.2) is 0 Å². The van der Waals surface area contributed by atoms with Crippen LogP contribution in [0.2, 0.25) is 0 Å². The molecule has 1 heterocycles. The number of carbonyl (C=O) groups is 2. The van der Waals surface area contributed by atoms with Crippen molar-refractivity contribution in [1.29, 1.82) is 0 Å². The Hall–Kier alpha value is -1.98. The molecule has 2 saturated carbocycles. The van der Waals surface area contributed by atoms with E-state index in [9.17, 15) is 9.59 Å². The SMILES string of the molecule is Cc1ccc(C(=O)OC(C)OC(=O)N(C2CCCCC2)C2CCCCC2)o1. The summed E-state index contributed by atoms with van der Waals surface area (Å²) in [4.78, 5) is 27.0. The number of furan rings is 1. The highest BCUT2D eigenvalue weighted by Gasteiger charge is 2.34. The smallest absolute Gasteiger partial charge is 0.413 e.